The van der Waals surface area contributed by atoms with Crippen molar-refractivity contribution >= 4 is 0 Å². The third-order valence-electron chi connectivity index (χ3n) is 1.25. The second-order valence-corrected chi connectivity index (χ2v) is 1.97. The Morgan fingerprint density at radius 1 is 1.57 bits per heavy atom. The van der Waals surface area contributed by atoms with Crippen molar-refractivity contribution in [3.8, 4) is 0 Å². The Morgan fingerprint density at radius 2 is 2.43 bits per heavy atom. The maximum atomic E-state index is 7.19. The molecule has 7 heavy (non-hydrogen) atoms. The van der Waals surface area contributed by atoms with Gasteiger partial charge in [0.1, 0.15) is 0 Å². The third kappa shape index (κ3) is 1.34. The molecule has 0 heterocycles. The van der Waals surface area contributed by atoms with Crippen molar-refractivity contribution in [1.29, 1.82) is 0 Å². The van der Waals surface area contributed by atoms with Crippen molar-refractivity contribution in [1.82, 2.24) is 0 Å². The first kappa shape index (κ1) is 4.89. The van der Waals surface area contributed by atoms with Crippen molar-refractivity contribution < 1.29 is 0 Å². The summed E-state index contributed by atoms with van der Waals surface area (Å²) in [4.78, 5) is 0. The normalized spacial score (nSPS) is 30.7. The average molecular weight is 93.1 g/mol. The molecule has 0 saturated carbocycles. The van der Waals surface area contributed by atoms with Crippen LogP contribution in [-0.2, 0) is 0 Å². The molecule has 0 aromatic rings. The molecule has 1 aliphatic carbocycles. The van der Waals surface area contributed by atoms with Gasteiger partial charge < -0.3 is 0 Å². The highest BCUT2D eigenvalue weighted by Crippen LogP contribution is 2.14. The second-order valence-electron chi connectivity index (χ2n) is 1.97. The molecule has 0 saturated heterocycles. The predicted molar refractivity (Wildman–Crippen MR) is 29.7 cm³/mol. The van der Waals surface area contributed by atoms with Crippen molar-refractivity contribution in [3.05, 3.63) is 19.1 Å². The molecular weight excluding hydrogens is 84.1 g/mol. The molecular formula is C7H9. The second kappa shape index (κ2) is 2.15. The lowest BCUT2D eigenvalue weighted by atomic mass is 9.98. The first-order chi connectivity index (χ1) is 3.39. The molecule has 0 amide bonds. The van der Waals surface area contributed by atoms with E-state index >= 15 is 0 Å². The van der Waals surface area contributed by atoms with E-state index in [1.54, 1.807) is 0 Å². The van der Waals surface area contributed by atoms with Crippen LogP contribution in [0.5, 0.6) is 0 Å². The van der Waals surface area contributed by atoms with Gasteiger partial charge in [0.15, 0.2) is 0 Å². The van der Waals surface area contributed by atoms with Gasteiger partial charge in [-0.1, -0.05) is 12.2 Å². The van der Waals surface area contributed by atoms with Gasteiger partial charge in [0.2, 0.25) is 0 Å². The Labute approximate surface area is 45.2 Å². The van der Waals surface area contributed by atoms with Crippen molar-refractivity contribution in [2.75, 3.05) is 0 Å². The van der Waals surface area contributed by atoms with Crippen LogP contribution in [-0.4, -0.2) is 0 Å². The van der Waals surface area contributed by atoms with E-state index in [2.05, 4.69) is 6.08 Å². The molecule has 0 heteroatoms. The van der Waals surface area contributed by atoms with Gasteiger partial charge in [-0.05, 0) is 32.1 Å². The molecule has 0 bridgehead atoms. The van der Waals surface area contributed by atoms with Crippen LogP contribution in [0.1, 0.15) is 19.3 Å². The number of hydrogen-bond acceptors (Lipinski definition) is 0. The topological polar surface area (TPSA) is 0 Å². The van der Waals surface area contributed by atoms with Gasteiger partial charge in [-0.3, -0.25) is 0 Å². The van der Waals surface area contributed by atoms with E-state index in [1.807, 2.05) is 6.08 Å². The van der Waals surface area contributed by atoms with Crippen LogP contribution in [0.3, 0.4) is 0 Å². The van der Waals surface area contributed by atoms with E-state index in [4.69, 9.17) is 6.92 Å². The van der Waals surface area contributed by atoms with Crippen LogP contribution >= 0.6 is 0 Å². The highest BCUT2D eigenvalue weighted by atomic mass is 14.0. The summed E-state index contributed by atoms with van der Waals surface area (Å²) in [5.74, 6) is 0.105. The van der Waals surface area contributed by atoms with Gasteiger partial charge >= 0.3 is 0 Å². The van der Waals surface area contributed by atoms with Crippen LogP contribution in [0, 0.1) is 12.8 Å². The zero-order valence-corrected chi connectivity index (χ0v) is 4.35. The summed E-state index contributed by atoms with van der Waals surface area (Å²) in [7, 11) is 0. The molecule has 0 aromatic carbocycles. The molecule has 3 radical (unpaired) electrons. The zero-order chi connectivity index (χ0) is 5.11. The summed E-state index contributed by atoms with van der Waals surface area (Å²) >= 11 is 0. The monoisotopic (exact) mass is 93.1 g/mol. The van der Waals surface area contributed by atoms with Crippen LogP contribution in [0.25, 0.3) is 0 Å². The molecule has 0 nitrogen and oxygen atoms in total. The minimum atomic E-state index is 0.105. The van der Waals surface area contributed by atoms with E-state index < -0.39 is 0 Å². The fourth-order valence-electron chi connectivity index (χ4n) is 0.812. The summed E-state index contributed by atoms with van der Waals surface area (Å²) < 4.78 is 0. The number of hydrogen-bond donors (Lipinski definition) is 0. The van der Waals surface area contributed by atoms with E-state index in [9.17, 15) is 0 Å². The lowest BCUT2D eigenvalue weighted by Crippen LogP contribution is -1.93. The van der Waals surface area contributed by atoms with Crippen molar-refractivity contribution in [2.45, 2.75) is 19.3 Å². The molecule has 1 atom stereocenters. The largest absolute Gasteiger partial charge is 0.0882 e. The molecule has 1 unspecified atom stereocenters. The summed E-state index contributed by atoms with van der Waals surface area (Å²) in [5, 5.41) is 0. The molecule has 1 rings (SSSR count). The van der Waals surface area contributed by atoms with Gasteiger partial charge in [-0.25, -0.2) is 0 Å². The Bertz CT molecular complexity index is 72.1. The van der Waals surface area contributed by atoms with E-state index in [-0.39, 0.29) is 5.92 Å². The van der Waals surface area contributed by atoms with Gasteiger partial charge in [0.25, 0.3) is 0 Å². The molecule has 1 aliphatic rings. The highest BCUT2D eigenvalue weighted by Gasteiger charge is 1.99. The number of rotatable bonds is 0. The zero-order valence-electron chi connectivity index (χ0n) is 4.35. The van der Waals surface area contributed by atoms with E-state index in [0.717, 1.165) is 6.42 Å². The van der Waals surface area contributed by atoms with E-state index in [1.165, 1.54) is 12.8 Å². The smallest absolute Gasteiger partial charge is 0.00126 e. The quantitative estimate of drug-likeness (QED) is 0.401. The Morgan fingerprint density at radius 3 is 2.71 bits per heavy atom. The molecule has 37 valence electrons. The SMILES string of the molecule is [C]C1C=CCCC1. The fraction of sp³-hybridized carbons (Fsp3) is 0.571. The van der Waals surface area contributed by atoms with Gasteiger partial charge in [-0.15, -0.1) is 0 Å². The standard InChI is InChI=1S/C7H9/c1-7-5-3-2-4-6-7/h3,5,7H,2,4,6H2. The van der Waals surface area contributed by atoms with Crippen molar-refractivity contribution in [3.63, 3.8) is 0 Å². The van der Waals surface area contributed by atoms with Crippen LogP contribution in [0.15, 0.2) is 12.2 Å². The van der Waals surface area contributed by atoms with E-state index in [0.29, 0.717) is 0 Å². The first-order valence-corrected chi connectivity index (χ1v) is 2.77. The fourth-order valence-corrected chi connectivity index (χ4v) is 0.812. The van der Waals surface area contributed by atoms with Crippen LogP contribution in [0.4, 0.5) is 0 Å². The first-order valence-electron chi connectivity index (χ1n) is 2.77. The van der Waals surface area contributed by atoms with Crippen LogP contribution in [0.2, 0.25) is 0 Å². The van der Waals surface area contributed by atoms with Crippen LogP contribution < -0.4 is 0 Å². The highest BCUT2D eigenvalue weighted by molar-refractivity contribution is 4.93. The minimum Gasteiger partial charge on any atom is -0.0882 e. The van der Waals surface area contributed by atoms with Gasteiger partial charge in [0.05, 0.1) is 0 Å². The number of allylic oxidation sites excluding steroid dienone is 2. The average Bonchev–Trinajstić information content (AvgIpc) is 1.69. The van der Waals surface area contributed by atoms with Gasteiger partial charge in [-0.2, -0.15) is 0 Å². The Balaban J connectivity index is 2.36. The summed E-state index contributed by atoms with van der Waals surface area (Å²) in [5.41, 5.74) is 0. The van der Waals surface area contributed by atoms with Crippen molar-refractivity contribution in [2.24, 2.45) is 5.92 Å². The summed E-state index contributed by atoms with van der Waals surface area (Å²) in [6.45, 7) is 7.19. The lowest BCUT2D eigenvalue weighted by Gasteiger charge is -2.07. The summed E-state index contributed by atoms with van der Waals surface area (Å²) in [6, 6.07) is 0. The molecule has 0 aromatic heterocycles. The summed E-state index contributed by atoms with van der Waals surface area (Å²) in [6.07, 6.45) is 7.54. The lowest BCUT2D eigenvalue weighted by molar-refractivity contribution is 0.628. The molecule has 0 N–H and O–H groups in total. The molecule has 0 spiro atoms. The third-order valence-corrected chi connectivity index (χ3v) is 1.25. The maximum Gasteiger partial charge on any atom is -0.00126 e. The predicted octanol–water partition coefficient (Wildman–Crippen LogP) is 1.93. The minimum absolute atomic E-state index is 0.105. The molecule has 0 aliphatic heterocycles. The van der Waals surface area contributed by atoms with Gasteiger partial charge in [0, 0.05) is 0 Å². The Hall–Kier alpha value is -0.260. The molecule has 0 fully saturated rings. The maximum absolute atomic E-state index is 7.19. The Kier molecular flexibility index (Phi) is 1.50.